The highest BCUT2D eigenvalue weighted by Crippen LogP contribution is 2.41. The zero-order chi connectivity index (χ0) is 19.4. The van der Waals surface area contributed by atoms with Crippen LogP contribution >= 0.6 is 11.6 Å². The van der Waals surface area contributed by atoms with E-state index in [0.29, 0.717) is 17.9 Å². The van der Waals surface area contributed by atoms with Crippen molar-refractivity contribution in [1.29, 1.82) is 0 Å². The molecule has 0 aromatic heterocycles. The van der Waals surface area contributed by atoms with Crippen molar-refractivity contribution in [2.45, 2.75) is 58.3 Å². The number of methoxy groups -OCH3 is 1. The van der Waals surface area contributed by atoms with Gasteiger partial charge in [-0.3, -0.25) is 10.1 Å². The van der Waals surface area contributed by atoms with Crippen molar-refractivity contribution in [2.75, 3.05) is 13.1 Å². The fourth-order valence-corrected chi connectivity index (χ4v) is 3.47. The molecule has 0 amide bonds. The minimum absolute atomic E-state index is 0.0473. The van der Waals surface area contributed by atoms with Gasteiger partial charge in [-0.15, -0.1) is 11.6 Å². The number of carboxylic acid groups (broad SMARTS) is 1. The number of nitrogens with one attached hydrogen (secondary N) is 1. The van der Waals surface area contributed by atoms with Crippen LogP contribution in [0.25, 0.3) is 0 Å². The van der Waals surface area contributed by atoms with Crippen molar-refractivity contribution in [3.63, 3.8) is 0 Å². The predicted molar refractivity (Wildman–Crippen MR) is 105 cm³/mol. The molecule has 0 fully saturated rings. The van der Waals surface area contributed by atoms with Crippen LogP contribution in [-0.4, -0.2) is 38.5 Å². The van der Waals surface area contributed by atoms with Crippen LogP contribution in [-0.2, 0) is 11.2 Å². The molecule has 0 aliphatic rings. The summed E-state index contributed by atoms with van der Waals surface area (Å²) in [5.41, 5.74) is 1.79. The van der Waals surface area contributed by atoms with Gasteiger partial charge in [0, 0.05) is 0 Å². The molecule has 1 atom stereocenters. The molecule has 0 saturated carbocycles. The number of hydrogen-bond acceptors (Lipinski definition) is 4. The largest absolute Gasteiger partial charge is 0.541 e. The van der Waals surface area contributed by atoms with Gasteiger partial charge in [0.25, 0.3) is 8.32 Å². The van der Waals surface area contributed by atoms with Gasteiger partial charge in [0.1, 0.15) is 11.8 Å². The number of hydrogen-bond donors (Lipinski definition) is 2. The molecule has 0 bridgehead atoms. The Kier molecular flexibility index (Phi) is 7.35. The summed E-state index contributed by atoms with van der Waals surface area (Å²) in [5.74, 6) is 0.450. The number of rotatable bonds is 8. The van der Waals surface area contributed by atoms with Gasteiger partial charge in [-0.2, -0.15) is 0 Å². The summed E-state index contributed by atoms with van der Waals surface area (Å²) < 4.78 is 12.0. The molecule has 1 aromatic carbocycles. The molecule has 5 nitrogen and oxygen atoms in total. The highest BCUT2D eigenvalue weighted by atomic mass is 35.5. The first-order valence-corrected chi connectivity index (χ1v) is 11.8. The minimum Gasteiger partial charge on any atom is -0.541 e. The monoisotopic (exact) mass is 387 g/mol. The van der Waals surface area contributed by atoms with Crippen LogP contribution in [0.1, 0.15) is 31.9 Å². The van der Waals surface area contributed by atoms with Gasteiger partial charge in [0.15, 0.2) is 5.75 Å². The normalized spacial score (nSPS) is 13.4. The summed E-state index contributed by atoms with van der Waals surface area (Å²) in [7, 11) is -0.429. The van der Waals surface area contributed by atoms with Crippen molar-refractivity contribution in [3.8, 4) is 11.5 Å². The molecule has 0 spiro atoms. The highest BCUT2D eigenvalue weighted by Gasteiger charge is 2.39. The molecule has 0 aliphatic carbocycles. The van der Waals surface area contributed by atoms with Gasteiger partial charge in [-0.25, -0.2) is 0 Å². The van der Waals surface area contributed by atoms with Gasteiger partial charge in [0.2, 0.25) is 0 Å². The van der Waals surface area contributed by atoms with Crippen LogP contribution in [0.4, 0.5) is 0 Å². The molecule has 0 heterocycles. The van der Waals surface area contributed by atoms with Crippen molar-refractivity contribution in [1.82, 2.24) is 5.32 Å². The number of carboxylic acids is 1. The SMILES string of the molecule is COc1c(C)cc(C[C@H](NCCl)C(=O)O)cc1O[Si](C)(C)C(C)(C)C. The Morgan fingerprint density at radius 1 is 1.36 bits per heavy atom. The maximum Gasteiger partial charge on any atom is 0.321 e. The lowest BCUT2D eigenvalue weighted by atomic mass is 10.0. The number of alkyl halides is 1. The van der Waals surface area contributed by atoms with Gasteiger partial charge in [-0.05, 0) is 48.7 Å². The topological polar surface area (TPSA) is 67.8 Å². The molecule has 7 heteroatoms. The number of halogens is 1. The molecule has 0 aliphatic heterocycles. The average molecular weight is 388 g/mol. The van der Waals surface area contributed by atoms with Crippen molar-refractivity contribution in [2.24, 2.45) is 0 Å². The molecule has 0 saturated heterocycles. The van der Waals surface area contributed by atoms with E-state index in [2.05, 4.69) is 39.2 Å². The molecular formula is C18H30ClNO4Si. The lowest BCUT2D eigenvalue weighted by molar-refractivity contribution is -0.139. The predicted octanol–water partition coefficient (Wildman–Crippen LogP) is 4.17. The fourth-order valence-electron chi connectivity index (χ4n) is 2.27. The van der Waals surface area contributed by atoms with Crippen LogP contribution in [0, 0.1) is 6.92 Å². The van der Waals surface area contributed by atoms with E-state index in [0.717, 1.165) is 11.1 Å². The van der Waals surface area contributed by atoms with E-state index in [4.69, 9.17) is 20.8 Å². The molecule has 1 rings (SSSR count). The second-order valence-corrected chi connectivity index (χ2v) is 12.7. The number of carbonyl (C=O) groups is 1. The summed E-state index contributed by atoms with van der Waals surface area (Å²) in [6.07, 6.45) is 0.320. The lowest BCUT2D eigenvalue weighted by Crippen LogP contribution is -2.44. The van der Waals surface area contributed by atoms with Gasteiger partial charge < -0.3 is 14.3 Å². The third-order valence-corrected chi connectivity index (χ3v) is 9.23. The summed E-state index contributed by atoms with van der Waals surface area (Å²) in [6, 6.07) is 3.16. The van der Waals surface area contributed by atoms with E-state index >= 15 is 0 Å². The van der Waals surface area contributed by atoms with Crippen LogP contribution in [0.3, 0.4) is 0 Å². The van der Waals surface area contributed by atoms with Gasteiger partial charge in [-0.1, -0.05) is 26.8 Å². The number of benzene rings is 1. The first kappa shape index (κ1) is 21.8. The molecule has 1 aromatic rings. The molecule has 142 valence electrons. The van der Waals surface area contributed by atoms with E-state index in [1.807, 2.05) is 19.1 Å². The van der Waals surface area contributed by atoms with E-state index in [1.54, 1.807) is 7.11 Å². The summed E-state index contributed by atoms with van der Waals surface area (Å²) in [6.45, 7) is 12.8. The fraction of sp³-hybridized carbons (Fsp3) is 0.611. The Morgan fingerprint density at radius 2 is 1.96 bits per heavy atom. The van der Waals surface area contributed by atoms with Crippen molar-refractivity contribution >= 4 is 25.9 Å². The average Bonchev–Trinajstić information content (AvgIpc) is 2.45. The van der Waals surface area contributed by atoms with E-state index in [1.165, 1.54) is 0 Å². The second kappa shape index (κ2) is 8.43. The number of aryl methyl sites for hydroxylation is 1. The Bertz CT molecular complexity index is 614. The lowest BCUT2D eigenvalue weighted by Gasteiger charge is -2.37. The van der Waals surface area contributed by atoms with Crippen molar-refractivity contribution in [3.05, 3.63) is 23.3 Å². The van der Waals surface area contributed by atoms with Crippen LogP contribution in [0.5, 0.6) is 11.5 Å². The second-order valence-electron chi connectivity index (χ2n) is 7.74. The van der Waals surface area contributed by atoms with Gasteiger partial charge >= 0.3 is 5.97 Å². The zero-order valence-electron chi connectivity index (χ0n) is 16.2. The van der Waals surface area contributed by atoms with Crippen LogP contribution in [0.15, 0.2) is 12.1 Å². The summed E-state index contributed by atoms with van der Waals surface area (Å²) in [4.78, 5) is 11.4. The van der Waals surface area contributed by atoms with Gasteiger partial charge in [0.05, 0.1) is 13.1 Å². The molecule has 0 unspecified atom stereocenters. The molecule has 0 radical (unpaired) electrons. The number of ether oxygens (including phenoxy) is 1. The Hall–Kier alpha value is -1.24. The summed E-state index contributed by atoms with van der Waals surface area (Å²) in [5, 5.41) is 12.1. The third kappa shape index (κ3) is 5.62. The Labute approximate surface area is 156 Å². The number of aliphatic carboxylic acids is 1. The Balaban J connectivity index is 3.24. The van der Waals surface area contributed by atoms with Crippen molar-refractivity contribution < 1.29 is 19.1 Å². The molecule has 25 heavy (non-hydrogen) atoms. The standard InChI is InChI=1S/C18H30ClNO4Si/c1-12-8-13(9-14(17(21)22)20-11-19)10-15(16(12)23-5)24-25(6,7)18(2,3)4/h8,10,14,20H,9,11H2,1-7H3,(H,21,22)/t14-/m0/s1. The van der Waals surface area contributed by atoms with E-state index in [-0.39, 0.29) is 11.0 Å². The third-order valence-electron chi connectivity index (χ3n) is 4.74. The van der Waals surface area contributed by atoms with E-state index < -0.39 is 20.3 Å². The molecular weight excluding hydrogens is 358 g/mol. The maximum atomic E-state index is 11.4. The molecule has 2 N–H and O–H groups in total. The smallest absolute Gasteiger partial charge is 0.321 e. The first-order valence-electron chi connectivity index (χ1n) is 8.31. The zero-order valence-corrected chi connectivity index (χ0v) is 18.0. The maximum absolute atomic E-state index is 11.4. The Morgan fingerprint density at radius 3 is 2.40 bits per heavy atom. The van der Waals surface area contributed by atoms with Crippen LogP contribution < -0.4 is 14.5 Å². The quantitative estimate of drug-likeness (QED) is 0.398. The van der Waals surface area contributed by atoms with E-state index in [9.17, 15) is 9.90 Å². The minimum atomic E-state index is -2.05. The summed E-state index contributed by atoms with van der Waals surface area (Å²) >= 11 is 5.64. The van der Waals surface area contributed by atoms with Crippen LogP contribution in [0.2, 0.25) is 18.1 Å². The first-order chi connectivity index (χ1) is 11.4. The highest BCUT2D eigenvalue weighted by molar-refractivity contribution is 6.74.